The Morgan fingerprint density at radius 3 is 2.81 bits per heavy atom. The van der Waals surface area contributed by atoms with Gasteiger partial charge in [0.15, 0.2) is 5.82 Å². The molecule has 154 valence electrons. The molecule has 0 bridgehead atoms. The zero-order valence-corrected chi connectivity index (χ0v) is 16.9. The maximum atomic E-state index is 12.4. The number of aromatic amines is 1. The topological polar surface area (TPSA) is 95.0 Å². The number of aliphatic hydroxyl groups is 1. The second-order valence-electron chi connectivity index (χ2n) is 7.85. The first-order valence-corrected chi connectivity index (χ1v) is 10.9. The molecular formula is C20H37N5O2. The Morgan fingerprint density at radius 2 is 2.04 bits per heavy atom. The van der Waals surface area contributed by atoms with E-state index in [0.717, 1.165) is 83.0 Å². The normalized spacial score (nSPS) is 18.8. The van der Waals surface area contributed by atoms with Crippen molar-refractivity contribution < 1.29 is 9.90 Å². The first kappa shape index (κ1) is 21.8. The van der Waals surface area contributed by atoms with Crippen LogP contribution in [0.25, 0.3) is 0 Å². The number of tetrazole rings is 1. The number of nitrogens with one attached hydrogen (secondary N) is 1. The van der Waals surface area contributed by atoms with Crippen LogP contribution < -0.4 is 0 Å². The molecular weight excluding hydrogens is 342 g/mol. The highest BCUT2D eigenvalue weighted by Gasteiger charge is 2.27. The monoisotopic (exact) mass is 379 g/mol. The molecule has 1 unspecified atom stereocenters. The number of aryl methyl sites for hydroxylation is 1. The highest BCUT2D eigenvalue weighted by molar-refractivity contribution is 5.77. The summed E-state index contributed by atoms with van der Waals surface area (Å²) in [5, 5.41) is 24.2. The molecule has 1 fully saturated rings. The van der Waals surface area contributed by atoms with Crippen LogP contribution in [0.4, 0.5) is 0 Å². The van der Waals surface area contributed by atoms with Crippen molar-refractivity contribution in [3.63, 3.8) is 0 Å². The third-order valence-corrected chi connectivity index (χ3v) is 5.60. The van der Waals surface area contributed by atoms with Crippen molar-refractivity contribution in [1.82, 2.24) is 25.5 Å². The number of carbonyl (C=O) groups is 1. The lowest BCUT2D eigenvalue weighted by atomic mass is 9.94. The van der Waals surface area contributed by atoms with Gasteiger partial charge in [-0.05, 0) is 44.9 Å². The molecule has 7 heteroatoms. The van der Waals surface area contributed by atoms with E-state index in [2.05, 4.69) is 32.4 Å². The molecule has 2 heterocycles. The number of unbranched alkanes of at least 4 members (excludes halogenated alkanes) is 5. The Hall–Kier alpha value is -1.50. The minimum absolute atomic E-state index is 0.208. The van der Waals surface area contributed by atoms with Crippen molar-refractivity contribution in [2.45, 2.75) is 109 Å². The minimum atomic E-state index is -0.208. The summed E-state index contributed by atoms with van der Waals surface area (Å²) in [5.74, 6) is 1.08. The van der Waals surface area contributed by atoms with Gasteiger partial charge in [-0.15, -0.1) is 10.2 Å². The predicted octanol–water partition coefficient (Wildman–Crippen LogP) is 3.41. The smallest absolute Gasteiger partial charge is 0.222 e. The molecule has 1 aromatic heterocycles. The number of amides is 1. The SMILES string of the molecule is CCCCCC(O)CC[C@H]1CCCC(=O)N1CCCCCCc1nn[nH]n1. The fraction of sp³-hybridized carbons (Fsp3) is 0.900. The third-order valence-electron chi connectivity index (χ3n) is 5.60. The van der Waals surface area contributed by atoms with Crippen molar-refractivity contribution in [3.05, 3.63) is 5.82 Å². The van der Waals surface area contributed by atoms with E-state index in [1.54, 1.807) is 0 Å². The number of hydrogen-bond acceptors (Lipinski definition) is 5. The summed E-state index contributed by atoms with van der Waals surface area (Å²) in [6.07, 6.45) is 13.9. The van der Waals surface area contributed by atoms with Gasteiger partial charge in [0, 0.05) is 25.4 Å². The lowest BCUT2D eigenvalue weighted by Gasteiger charge is -2.36. The van der Waals surface area contributed by atoms with E-state index < -0.39 is 0 Å². The van der Waals surface area contributed by atoms with Crippen molar-refractivity contribution in [2.75, 3.05) is 6.54 Å². The van der Waals surface area contributed by atoms with Crippen molar-refractivity contribution >= 4 is 5.91 Å². The maximum absolute atomic E-state index is 12.4. The molecule has 1 aliphatic heterocycles. The molecule has 0 radical (unpaired) electrons. The summed E-state index contributed by atoms with van der Waals surface area (Å²) in [7, 11) is 0. The number of likely N-dealkylation sites (tertiary alicyclic amines) is 1. The molecule has 1 saturated heterocycles. The fourth-order valence-corrected chi connectivity index (χ4v) is 3.97. The molecule has 1 aliphatic rings. The average Bonchev–Trinajstić information content (AvgIpc) is 3.18. The number of rotatable bonds is 14. The highest BCUT2D eigenvalue weighted by atomic mass is 16.3. The van der Waals surface area contributed by atoms with Gasteiger partial charge in [-0.1, -0.05) is 44.2 Å². The molecule has 7 nitrogen and oxygen atoms in total. The van der Waals surface area contributed by atoms with Crippen LogP contribution in [0.2, 0.25) is 0 Å². The van der Waals surface area contributed by atoms with Crippen LogP contribution in [0.3, 0.4) is 0 Å². The number of hydrogen-bond donors (Lipinski definition) is 2. The van der Waals surface area contributed by atoms with E-state index in [4.69, 9.17) is 0 Å². The number of nitrogens with zero attached hydrogens (tertiary/aromatic N) is 4. The number of aliphatic hydroxyl groups excluding tert-OH is 1. The van der Waals surface area contributed by atoms with Crippen molar-refractivity contribution in [3.8, 4) is 0 Å². The Bertz CT molecular complexity index is 508. The van der Waals surface area contributed by atoms with E-state index in [1.807, 2.05) is 0 Å². The van der Waals surface area contributed by atoms with Crippen LogP contribution in [0, 0.1) is 0 Å². The summed E-state index contributed by atoms with van der Waals surface area (Å²) in [6.45, 7) is 3.04. The Labute approximate surface area is 163 Å². The predicted molar refractivity (Wildman–Crippen MR) is 105 cm³/mol. The third kappa shape index (κ3) is 8.37. The van der Waals surface area contributed by atoms with E-state index in [-0.39, 0.29) is 6.10 Å². The number of H-pyrrole nitrogens is 1. The van der Waals surface area contributed by atoms with Gasteiger partial charge in [-0.25, -0.2) is 0 Å². The van der Waals surface area contributed by atoms with E-state index in [1.165, 1.54) is 12.8 Å². The largest absolute Gasteiger partial charge is 0.393 e. The molecule has 0 aromatic carbocycles. The number of piperidine rings is 1. The average molecular weight is 380 g/mol. The summed E-state index contributed by atoms with van der Waals surface area (Å²) in [4.78, 5) is 14.5. The van der Waals surface area contributed by atoms with Crippen LogP contribution in [-0.4, -0.2) is 55.2 Å². The maximum Gasteiger partial charge on any atom is 0.222 e. The number of carbonyl (C=O) groups excluding carboxylic acids is 1. The standard InChI is InChI=1S/C20H37N5O2/c1-2-3-6-11-18(26)15-14-17-10-9-13-20(27)25(17)16-8-5-4-7-12-19-21-23-24-22-19/h17-18,26H,2-16H2,1H3,(H,21,22,23,24)/t17-,18?/m1/s1. The van der Waals surface area contributed by atoms with Gasteiger partial charge < -0.3 is 10.0 Å². The second-order valence-corrected chi connectivity index (χ2v) is 7.85. The summed E-state index contributed by atoms with van der Waals surface area (Å²) in [5.41, 5.74) is 0. The van der Waals surface area contributed by atoms with Crippen LogP contribution in [0.15, 0.2) is 0 Å². The first-order valence-electron chi connectivity index (χ1n) is 10.9. The van der Waals surface area contributed by atoms with Gasteiger partial charge in [0.1, 0.15) is 0 Å². The lowest BCUT2D eigenvalue weighted by molar-refractivity contribution is -0.136. The molecule has 0 saturated carbocycles. The molecule has 27 heavy (non-hydrogen) atoms. The van der Waals surface area contributed by atoms with Gasteiger partial charge in [0.25, 0.3) is 0 Å². The van der Waals surface area contributed by atoms with Crippen LogP contribution in [0.5, 0.6) is 0 Å². The van der Waals surface area contributed by atoms with Crippen molar-refractivity contribution in [1.29, 1.82) is 0 Å². The minimum Gasteiger partial charge on any atom is -0.393 e. The van der Waals surface area contributed by atoms with Gasteiger partial charge in [-0.3, -0.25) is 4.79 Å². The van der Waals surface area contributed by atoms with Crippen LogP contribution in [0.1, 0.15) is 96.2 Å². The molecule has 1 amide bonds. The fourth-order valence-electron chi connectivity index (χ4n) is 3.97. The molecule has 2 atom stereocenters. The van der Waals surface area contributed by atoms with E-state index in [0.29, 0.717) is 18.4 Å². The second kappa shape index (κ2) is 12.8. The molecule has 0 aliphatic carbocycles. The lowest BCUT2D eigenvalue weighted by Crippen LogP contribution is -2.44. The first-order chi connectivity index (χ1) is 13.2. The molecule has 1 aromatic rings. The quantitative estimate of drug-likeness (QED) is 0.483. The Balaban J connectivity index is 1.62. The Kier molecular flexibility index (Phi) is 10.3. The van der Waals surface area contributed by atoms with Gasteiger partial charge in [-0.2, -0.15) is 5.21 Å². The molecule has 2 rings (SSSR count). The highest BCUT2D eigenvalue weighted by Crippen LogP contribution is 2.24. The van der Waals surface area contributed by atoms with Gasteiger partial charge in [0.2, 0.25) is 5.91 Å². The number of aromatic nitrogens is 4. The zero-order chi connectivity index (χ0) is 19.3. The molecule has 2 N–H and O–H groups in total. The summed E-state index contributed by atoms with van der Waals surface area (Å²) >= 11 is 0. The van der Waals surface area contributed by atoms with E-state index in [9.17, 15) is 9.90 Å². The summed E-state index contributed by atoms with van der Waals surface area (Å²) < 4.78 is 0. The van der Waals surface area contributed by atoms with E-state index >= 15 is 0 Å². The van der Waals surface area contributed by atoms with Gasteiger partial charge in [0.05, 0.1) is 6.10 Å². The Morgan fingerprint density at radius 1 is 1.19 bits per heavy atom. The van der Waals surface area contributed by atoms with Crippen LogP contribution in [-0.2, 0) is 11.2 Å². The summed E-state index contributed by atoms with van der Waals surface area (Å²) in [6, 6.07) is 0.325. The zero-order valence-electron chi connectivity index (χ0n) is 16.9. The van der Waals surface area contributed by atoms with Gasteiger partial charge >= 0.3 is 0 Å². The molecule has 0 spiro atoms. The van der Waals surface area contributed by atoms with Crippen LogP contribution >= 0.6 is 0 Å². The van der Waals surface area contributed by atoms with Crippen molar-refractivity contribution in [2.24, 2.45) is 0 Å².